The van der Waals surface area contributed by atoms with Crippen LogP contribution in [0.2, 0.25) is 0 Å². The fourth-order valence-electron chi connectivity index (χ4n) is 5.52. The Morgan fingerprint density at radius 1 is 0.951 bits per heavy atom. The van der Waals surface area contributed by atoms with E-state index in [2.05, 4.69) is 65.3 Å². The molecule has 7 nitrogen and oxygen atoms in total. The number of hydrogen-bond donors (Lipinski definition) is 2. The number of carbonyl (C=O) groups excluding carboxylic acids is 1. The molecule has 3 unspecified atom stereocenters. The molecular formula is C34H40N2O5. The largest absolute Gasteiger partial charge is 0.445 e. The van der Waals surface area contributed by atoms with Crippen molar-refractivity contribution in [1.29, 1.82) is 0 Å². The van der Waals surface area contributed by atoms with Gasteiger partial charge in [0.2, 0.25) is 0 Å². The zero-order chi connectivity index (χ0) is 28.4. The number of benzene rings is 3. The van der Waals surface area contributed by atoms with Crippen LogP contribution in [0.25, 0.3) is 11.1 Å². The smallest absolute Gasteiger partial charge is 0.407 e. The summed E-state index contributed by atoms with van der Waals surface area (Å²) in [5, 5.41) is 12.2. The molecule has 2 fully saturated rings. The number of carbonyl (C=O) groups is 1. The van der Waals surface area contributed by atoms with E-state index in [-0.39, 0.29) is 25.4 Å². The second kappa shape index (κ2) is 14.4. The van der Waals surface area contributed by atoms with E-state index in [4.69, 9.17) is 14.2 Å². The molecule has 2 N–H and O–H groups in total. The Labute approximate surface area is 242 Å². The Morgan fingerprint density at radius 2 is 1.71 bits per heavy atom. The lowest BCUT2D eigenvalue weighted by Crippen LogP contribution is -2.41. The van der Waals surface area contributed by atoms with Crippen molar-refractivity contribution in [2.24, 2.45) is 0 Å². The topological polar surface area (TPSA) is 80.3 Å². The highest BCUT2D eigenvalue weighted by molar-refractivity contribution is 5.68. The van der Waals surface area contributed by atoms with Crippen LogP contribution in [0, 0.1) is 0 Å². The van der Waals surface area contributed by atoms with Crippen LogP contribution in [0.5, 0.6) is 0 Å². The second-order valence-corrected chi connectivity index (χ2v) is 10.8. The number of likely N-dealkylation sites (tertiary alicyclic amines) is 1. The van der Waals surface area contributed by atoms with Gasteiger partial charge in [0.1, 0.15) is 6.61 Å². The maximum atomic E-state index is 11.8. The molecule has 3 aromatic carbocycles. The summed E-state index contributed by atoms with van der Waals surface area (Å²) in [5.74, 6) is 0. The molecule has 41 heavy (non-hydrogen) atoms. The number of rotatable bonds is 10. The van der Waals surface area contributed by atoms with Crippen molar-refractivity contribution in [2.75, 3.05) is 26.2 Å². The van der Waals surface area contributed by atoms with Gasteiger partial charge in [0.15, 0.2) is 6.29 Å². The molecule has 2 aliphatic heterocycles. The van der Waals surface area contributed by atoms with Gasteiger partial charge in [-0.05, 0) is 59.8 Å². The number of aliphatic hydroxyl groups excluding tert-OH is 1. The Hall–Kier alpha value is -3.49. The number of hydrogen-bond acceptors (Lipinski definition) is 6. The normalized spacial score (nSPS) is 21.2. The summed E-state index contributed by atoms with van der Waals surface area (Å²) in [6.07, 6.45) is 5.19. The first-order chi connectivity index (χ1) is 20.1. The van der Waals surface area contributed by atoms with Crippen molar-refractivity contribution in [2.45, 2.75) is 57.3 Å². The molecular weight excluding hydrogens is 516 g/mol. The summed E-state index contributed by atoms with van der Waals surface area (Å²) in [5.41, 5.74) is 6.10. The Bertz CT molecular complexity index is 1270. The van der Waals surface area contributed by atoms with Gasteiger partial charge in [-0.1, -0.05) is 85.8 Å². The molecule has 0 spiro atoms. The number of nitrogens with one attached hydrogen (secondary N) is 1. The Morgan fingerprint density at radius 3 is 2.44 bits per heavy atom. The van der Waals surface area contributed by atoms with Crippen LogP contribution in [-0.4, -0.2) is 48.4 Å². The lowest BCUT2D eigenvalue weighted by atomic mass is 9.98. The van der Waals surface area contributed by atoms with Gasteiger partial charge in [0.25, 0.3) is 0 Å². The number of piperidine rings is 1. The van der Waals surface area contributed by atoms with Gasteiger partial charge in [-0.3, -0.25) is 0 Å². The molecule has 0 aliphatic carbocycles. The quantitative estimate of drug-likeness (QED) is 0.286. The van der Waals surface area contributed by atoms with E-state index >= 15 is 0 Å². The molecule has 5 rings (SSSR count). The first-order valence-electron chi connectivity index (χ1n) is 14.5. The van der Waals surface area contributed by atoms with Crippen LogP contribution in [0.15, 0.2) is 85.5 Å². The Balaban J connectivity index is 1.29. The second-order valence-electron chi connectivity index (χ2n) is 10.8. The molecule has 2 saturated heterocycles. The van der Waals surface area contributed by atoms with Gasteiger partial charge in [-0.15, -0.1) is 0 Å². The van der Waals surface area contributed by atoms with E-state index in [1.807, 2.05) is 24.3 Å². The molecule has 2 heterocycles. The van der Waals surface area contributed by atoms with E-state index in [1.54, 1.807) is 0 Å². The maximum Gasteiger partial charge on any atom is 0.407 e. The van der Waals surface area contributed by atoms with Crippen LogP contribution in [0.4, 0.5) is 4.79 Å². The first-order valence-corrected chi connectivity index (χ1v) is 14.5. The summed E-state index contributed by atoms with van der Waals surface area (Å²) in [6, 6.07) is 24.5. The van der Waals surface area contributed by atoms with E-state index < -0.39 is 12.4 Å². The average molecular weight is 557 g/mol. The standard InChI is InChI=1S/C34H40N2O5/c1-2-19-39-34(38)35-22-26-7-6-8-30(20-26)27-13-15-29(16-14-27)33-40-31(23-36-17-4-3-5-18-36)21-32(41-33)28-11-9-25(24-37)10-12-28/h2,6-16,20,31-33,37H,1,3-5,17-19,21-24H2,(H,35,38). The monoisotopic (exact) mass is 556 g/mol. The van der Waals surface area contributed by atoms with Crippen molar-refractivity contribution in [1.82, 2.24) is 10.2 Å². The molecule has 7 heteroatoms. The summed E-state index contributed by atoms with van der Waals surface area (Å²) >= 11 is 0. The number of amides is 1. The molecule has 0 aromatic heterocycles. The van der Waals surface area contributed by atoms with Crippen molar-refractivity contribution >= 4 is 6.09 Å². The minimum absolute atomic E-state index is 0.0309. The third-order valence-corrected chi connectivity index (χ3v) is 7.74. The van der Waals surface area contributed by atoms with E-state index in [0.717, 1.165) is 59.4 Å². The summed E-state index contributed by atoms with van der Waals surface area (Å²) in [6.45, 7) is 7.30. The molecule has 0 saturated carbocycles. The molecule has 2 aliphatic rings. The maximum absolute atomic E-state index is 11.8. The minimum atomic E-state index is -0.466. The van der Waals surface area contributed by atoms with Crippen LogP contribution >= 0.6 is 0 Å². The Kier molecular flexibility index (Phi) is 10.2. The number of ether oxygens (including phenoxy) is 3. The SMILES string of the molecule is C=CCOC(=O)NCc1cccc(-c2ccc(C3OC(CN4CCCCC4)CC(c4ccc(CO)cc4)O3)cc2)c1. The van der Waals surface area contributed by atoms with Crippen molar-refractivity contribution < 1.29 is 24.1 Å². The fraction of sp³-hybridized carbons (Fsp3) is 0.382. The van der Waals surface area contributed by atoms with Gasteiger partial charge in [-0.2, -0.15) is 0 Å². The predicted octanol–water partition coefficient (Wildman–Crippen LogP) is 6.29. The average Bonchev–Trinajstić information content (AvgIpc) is 3.03. The van der Waals surface area contributed by atoms with Crippen molar-refractivity contribution in [3.8, 4) is 11.1 Å². The summed E-state index contributed by atoms with van der Waals surface area (Å²) in [7, 11) is 0. The zero-order valence-electron chi connectivity index (χ0n) is 23.5. The highest BCUT2D eigenvalue weighted by Crippen LogP contribution is 2.39. The van der Waals surface area contributed by atoms with Crippen LogP contribution in [0.1, 0.15) is 60.3 Å². The predicted molar refractivity (Wildman–Crippen MR) is 159 cm³/mol. The molecule has 3 aromatic rings. The fourth-order valence-corrected chi connectivity index (χ4v) is 5.52. The van der Waals surface area contributed by atoms with Gasteiger partial charge in [0.05, 0.1) is 18.8 Å². The third-order valence-electron chi connectivity index (χ3n) is 7.74. The molecule has 1 amide bonds. The lowest BCUT2D eigenvalue weighted by Gasteiger charge is -2.39. The van der Waals surface area contributed by atoms with Crippen molar-refractivity contribution in [3.63, 3.8) is 0 Å². The summed E-state index contributed by atoms with van der Waals surface area (Å²) < 4.78 is 18.1. The zero-order valence-corrected chi connectivity index (χ0v) is 23.5. The van der Waals surface area contributed by atoms with Crippen LogP contribution < -0.4 is 5.32 Å². The number of alkyl carbamates (subject to hydrolysis) is 1. The van der Waals surface area contributed by atoms with Gasteiger partial charge in [-0.25, -0.2) is 4.79 Å². The van der Waals surface area contributed by atoms with Crippen LogP contribution in [-0.2, 0) is 27.4 Å². The van der Waals surface area contributed by atoms with E-state index in [0.29, 0.717) is 6.54 Å². The van der Waals surface area contributed by atoms with Gasteiger partial charge >= 0.3 is 6.09 Å². The molecule has 0 bridgehead atoms. The van der Waals surface area contributed by atoms with Gasteiger partial charge in [0, 0.05) is 25.1 Å². The highest BCUT2D eigenvalue weighted by atomic mass is 16.7. The number of nitrogens with zero attached hydrogens (tertiary/aromatic N) is 1. The van der Waals surface area contributed by atoms with Crippen LogP contribution in [0.3, 0.4) is 0 Å². The third kappa shape index (κ3) is 8.05. The van der Waals surface area contributed by atoms with Crippen molar-refractivity contribution in [3.05, 3.63) is 108 Å². The van der Waals surface area contributed by atoms with E-state index in [1.165, 1.54) is 25.3 Å². The highest BCUT2D eigenvalue weighted by Gasteiger charge is 2.33. The first kappa shape index (κ1) is 29.0. The molecule has 0 radical (unpaired) electrons. The lowest BCUT2D eigenvalue weighted by molar-refractivity contribution is -0.253. The van der Waals surface area contributed by atoms with Gasteiger partial charge < -0.3 is 29.5 Å². The summed E-state index contributed by atoms with van der Waals surface area (Å²) in [4.78, 5) is 14.3. The molecule has 3 atom stereocenters. The van der Waals surface area contributed by atoms with E-state index in [9.17, 15) is 9.90 Å². The molecule has 216 valence electrons. The number of aliphatic hydroxyl groups is 1. The minimum Gasteiger partial charge on any atom is -0.445 e.